The Balaban J connectivity index is -0.000000218. The predicted molar refractivity (Wildman–Crippen MR) is 82.9 cm³/mol. The second kappa shape index (κ2) is 13.1. The Morgan fingerprint density at radius 1 is 0.850 bits per heavy atom. The number of nitrogens with zero attached hydrogens (tertiary/aromatic N) is 1. The molecule has 1 atom stereocenters. The molecule has 0 aliphatic carbocycles. The van der Waals surface area contributed by atoms with E-state index in [0.29, 0.717) is 0 Å². The van der Waals surface area contributed by atoms with Crippen LogP contribution in [0.25, 0.3) is 0 Å². The van der Waals surface area contributed by atoms with Crippen molar-refractivity contribution in [3.05, 3.63) is 0 Å². The van der Waals surface area contributed by atoms with Gasteiger partial charge >= 0.3 is 7.60 Å². The Bertz CT molecular complexity index is 337. The Morgan fingerprint density at radius 3 is 1.15 bits per heavy atom. The van der Waals surface area contributed by atoms with Gasteiger partial charge in [0.2, 0.25) is 11.3 Å². The molecule has 11 heteroatoms. The topological polar surface area (TPSA) is 91.4 Å². The van der Waals surface area contributed by atoms with Crippen molar-refractivity contribution in [2.45, 2.75) is 0 Å². The molecule has 20 heavy (non-hydrogen) atoms. The first-order valence-corrected chi connectivity index (χ1v) is 10.8. The maximum absolute atomic E-state index is 10.5. The minimum absolute atomic E-state index is 1.25. The molecule has 1 unspecified atom stereocenters. The zero-order chi connectivity index (χ0) is 17.0. The van der Waals surface area contributed by atoms with E-state index in [-0.39, 0.29) is 0 Å². The lowest BCUT2D eigenvalue weighted by Gasteiger charge is -2.04. The van der Waals surface area contributed by atoms with E-state index in [9.17, 15) is 13.3 Å². The van der Waals surface area contributed by atoms with Gasteiger partial charge < -0.3 is 13.6 Å². The third-order valence-corrected chi connectivity index (χ3v) is 4.63. The van der Waals surface area contributed by atoms with Crippen LogP contribution in [-0.4, -0.2) is 71.0 Å². The lowest BCUT2D eigenvalue weighted by atomic mass is 11.3. The highest BCUT2D eigenvalue weighted by atomic mass is 32.2. The predicted octanol–water partition coefficient (Wildman–Crippen LogP) is 2.05. The van der Waals surface area contributed by atoms with E-state index in [1.807, 2.05) is 0 Å². The van der Waals surface area contributed by atoms with Gasteiger partial charge in [-0.3, -0.25) is 13.3 Å². The first-order chi connectivity index (χ1) is 8.86. The fourth-order valence-corrected chi connectivity index (χ4v) is 0.671. The Kier molecular flexibility index (Phi) is 16.6. The first-order valence-electron chi connectivity index (χ1n) is 5.30. The van der Waals surface area contributed by atoms with Gasteiger partial charge in [-0.15, -0.1) is 0 Å². The minimum Gasteiger partial charge on any atom is -0.332 e. The van der Waals surface area contributed by atoms with Crippen molar-refractivity contribution in [3.63, 3.8) is 0 Å². The minimum atomic E-state index is -2.65. The van der Waals surface area contributed by atoms with Crippen LogP contribution in [0, 0.1) is 0 Å². The quantitative estimate of drug-likeness (QED) is 0.697. The van der Waals surface area contributed by atoms with Gasteiger partial charge in [0.05, 0.1) is 7.11 Å². The summed E-state index contributed by atoms with van der Waals surface area (Å²) in [7, 11) is 4.11. The Labute approximate surface area is 124 Å². The van der Waals surface area contributed by atoms with Gasteiger partial charge in [-0.1, -0.05) is 0 Å². The number of rotatable bonds is 5. The third kappa shape index (κ3) is 23.5. The summed E-state index contributed by atoms with van der Waals surface area (Å²) in [6.07, 6.45) is 0. The van der Waals surface area contributed by atoms with Gasteiger partial charge in [0.15, 0.2) is 7.37 Å². The Morgan fingerprint density at radius 2 is 1.15 bits per heavy atom. The van der Waals surface area contributed by atoms with Crippen LogP contribution in [0.15, 0.2) is 0 Å². The molecule has 0 aliphatic heterocycles. The zero-order valence-corrected chi connectivity index (χ0v) is 16.2. The van der Waals surface area contributed by atoms with Crippen LogP contribution in [0.1, 0.15) is 0 Å². The van der Waals surface area contributed by atoms with E-state index < -0.39 is 26.2 Å². The van der Waals surface area contributed by atoms with Crippen LogP contribution >= 0.6 is 15.0 Å². The largest absolute Gasteiger partial charge is 0.332 e. The van der Waals surface area contributed by atoms with Crippen LogP contribution in [0.2, 0.25) is 0 Å². The highest BCUT2D eigenvalue weighted by molar-refractivity contribution is 7.77. The molecule has 0 saturated heterocycles. The van der Waals surface area contributed by atoms with E-state index in [1.165, 1.54) is 39.4 Å². The molecule has 8 nitrogen and oxygen atoms in total. The fraction of sp³-hybridized carbons (Fsp3) is 1.00. The van der Waals surface area contributed by atoms with Crippen molar-refractivity contribution in [1.82, 2.24) is 4.31 Å². The van der Waals surface area contributed by atoms with Crippen LogP contribution in [-0.2, 0) is 38.2 Å². The van der Waals surface area contributed by atoms with E-state index in [1.54, 1.807) is 27.4 Å². The molecule has 0 radical (unpaired) electrons. The maximum Gasteiger partial charge on any atom is 0.327 e. The average Bonchev–Trinajstić information content (AvgIpc) is 2.38. The van der Waals surface area contributed by atoms with Crippen LogP contribution in [0.3, 0.4) is 0 Å². The second-order valence-corrected chi connectivity index (χ2v) is 10.4. The van der Waals surface area contributed by atoms with E-state index in [4.69, 9.17) is 0 Å². The van der Waals surface area contributed by atoms with Gasteiger partial charge in [-0.05, 0) is 0 Å². The van der Waals surface area contributed by atoms with Gasteiger partial charge in [-0.25, -0.2) is 8.51 Å². The molecule has 0 N–H and O–H groups in total. The fourth-order valence-electron chi connectivity index (χ4n) is 0.224. The number of hydrogen-bond acceptors (Lipinski definition) is 7. The van der Waals surface area contributed by atoms with Crippen molar-refractivity contribution in [2.75, 3.05) is 62.5 Å². The smallest absolute Gasteiger partial charge is 0.327 e. The summed E-state index contributed by atoms with van der Waals surface area (Å²) in [5, 5.41) is 0. The highest BCUT2D eigenvalue weighted by Crippen LogP contribution is 2.40. The SMILES string of the molecule is COP(C)(=O)OC.COP(C)(C)=O.COS(=O)N(C)C. The summed E-state index contributed by atoms with van der Waals surface area (Å²) >= 11 is -1.25. The molecule has 0 spiro atoms. The second-order valence-electron chi connectivity index (χ2n) is 3.77. The molecule has 0 aromatic heterocycles. The molecule has 0 heterocycles. The summed E-state index contributed by atoms with van der Waals surface area (Å²) in [6.45, 7) is 4.56. The molecule has 0 saturated carbocycles. The van der Waals surface area contributed by atoms with Crippen molar-refractivity contribution >= 4 is 26.2 Å². The van der Waals surface area contributed by atoms with Crippen LogP contribution in [0.4, 0.5) is 0 Å². The standard InChI is InChI=1S/C3H9NO2S.C3H9O3P.C3H9O2P/c1-4(2)7(5)6-3;1-5-7(3,4)6-2;1-5-6(2,3)4/h2*1-3H3;1-3H3. The zero-order valence-electron chi connectivity index (χ0n) is 13.6. The monoisotopic (exact) mass is 355 g/mol. The van der Waals surface area contributed by atoms with E-state index >= 15 is 0 Å². The van der Waals surface area contributed by atoms with Gasteiger partial charge in [-0.2, -0.15) is 0 Å². The van der Waals surface area contributed by atoms with Gasteiger partial charge in [0, 0.05) is 55.4 Å². The Hall–Kier alpha value is 0.410. The molecule has 0 rings (SSSR count). The summed E-state index contributed by atoms with van der Waals surface area (Å²) in [5.41, 5.74) is 0. The summed E-state index contributed by atoms with van der Waals surface area (Å²) in [4.78, 5) is 0. The van der Waals surface area contributed by atoms with Crippen LogP contribution < -0.4 is 0 Å². The molecular weight excluding hydrogens is 328 g/mol. The lowest BCUT2D eigenvalue weighted by molar-refractivity contribution is 0.282. The molecule has 0 aromatic rings. The van der Waals surface area contributed by atoms with Crippen molar-refractivity contribution in [3.8, 4) is 0 Å². The molecular formula is C9H27NO7P2S. The molecule has 126 valence electrons. The molecule has 0 fully saturated rings. The summed E-state index contributed by atoms with van der Waals surface area (Å²) in [6, 6.07) is 0. The third-order valence-electron chi connectivity index (χ3n) is 1.54. The molecule has 0 bridgehead atoms. The van der Waals surface area contributed by atoms with Gasteiger partial charge in [0.25, 0.3) is 0 Å². The van der Waals surface area contributed by atoms with Crippen LogP contribution in [0.5, 0.6) is 0 Å². The first kappa shape index (κ1) is 25.4. The van der Waals surface area contributed by atoms with Crippen molar-refractivity contribution in [1.29, 1.82) is 0 Å². The molecule has 0 aromatic carbocycles. The molecule has 0 aliphatic rings. The maximum atomic E-state index is 10.5. The summed E-state index contributed by atoms with van der Waals surface area (Å²) < 4.78 is 50.4. The van der Waals surface area contributed by atoms with E-state index in [0.717, 1.165) is 0 Å². The highest BCUT2D eigenvalue weighted by Gasteiger charge is 2.08. The lowest BCUT2D eigenvalue weighted by Crippen LogP contribution is -2.15. The van der Waals surface area contributed by atoms with Gasteiger partial charge in [0.1, 0.15) is 0 Å². The average molecular weight is 355 g/mol. The van der Waals surface area contributed by atoms with E-state index in [2.05, 4.69) is 17.8 Å². The summed E-state index contributed by atoms with van der Waals surface area (Å²) in [5.74, 6) is 0. The number of hydrogen-bond donors (Lipinski definition) is 0. The normalized spacial score (nSPS) is 12.9. The van der Waals surface area contributed by atoms with Crippen molar-refractivity contribution < 1.29 is 31.1 Å². The molecule has 0 amide bonds. The van der Waals surface area contributed by atoms with Crippen molar-refractivity contribution in [2.24, 2.45) is 0 Å².